The SMILES string of the molecule is O=c1cc2c(nn1C1CCC(Nc3cnsn3)CC1)CCCC2. The average molecular weight is 331 g/mol. The van der Waals surface area contributed by atoms with E-state index >= 15 is 0 Å². The van der Waals surface area contributed by atoms with Gasteiger partial charge in [-0.15, -0.1) is 0 Å². The van der Waals surface area contributed by atoms with Crippen molar-refractivity contribution in [1.82, 2.24) is 18.5 Å². The van der Waals surface area contributed by atoms with Crippen molar-refractivity contribution in [2.24, 2.45) is 0 Å². The fourth-order valence-electron chi connectivity index (χ4n) is 3.74. The Kier molecular flexibility index (Phi) is 4.11. The zero-order valence-electron chi connectivity index (χ0n) is 13.1. The van der Waals surface area contributed by atoms with Gasteiger partial charge in [-0.3, -0.25) is 4.79 Å². The van der Waals surface area contributed by atoms with E-state index in [4.69, 9.17) is 5.10 Å². The lowest BCUT2D eigenvalue weighted by atomic mass is 9.91. The van der Waals surface area contributed by atoms with Crippen LogP contribution in [-0.4, -0.2) is 24.6 Å². The topological polar surface area (TPSA) is 72.7 Å². The number of hydrogen-bond donors (Lipinski definition) is 1. The van der Waals surface area contributed by atoms with E-state index in [-0.39, 0.29) is 11.6 Å². The molecule has 0 bridgehead atoms. The Bertz CT molecular complexity index is 719. The molecule has 1 saturated carbocycles. The van der Waals surface area contributed by atoms with Gasteiger partial charge in [0.05, 0.1) is 29.7 Å². The van der Waals surface area contributed by atoms with E-state index in [1.807, 2.05) is 6.07 Å². The first kappa shape index (κ1) is 14.8. The molecule has 2 heterocycles. The van der Waals surface area contributed by atoms with Crippen LogP contribution in [0.15, 0.2) is 17.1 Å². The summed E-state index contributed by atoms with van der Waals surface area (Å²) in [6.45, 7) is 0. The van der Waals surface area contributed by atoms with Gasteiger partial charge in [0.15, 0.2) is 5.82 Å². The van der Waals surface area contributed by atoms with E-state index in [1.165, 1.54) is 30.1 Å². The number of nitrogens with one attached hydrogen (secondary N) is 1. The van der Waals surface area contributed by atoms with Gasteiger partial charge in [-0.1, -0.05) is 0 Å². The predicted octanol–water partition coefficient (Wildman–Crippen LogP) is 2.57. The molecule has 4 rings (SSSR count). The highest BCUT2D eigenvalue weighted by Gasteiger charge is 2.25. The lowest BCUT2D eigenvalue weighted by Gasteiger charge is -2.30. The molecule has 6 nitrogen and oxygen atoms in total. The summed E-state index contributed by atoms with van der Waals surface area (Å²) in [5.41, 5.74) is 2.39. The average Bonchev–Trinajstić information content (AvgIpc) is 3.08. The van der Waals surface area contributed by atoms with Crippen molar-refractivity contribution < 1.29 is 0 Å². The molecule has 0 amide bonds. The predicted molar refractivity (Wildman–Crippen MR) is 90.0 cm³/mol. The van der Waals surface area contributed by atoms with Crippen LogP contribution < -0.4 is 10.9 Å². The third-order valence-electron chi connectivity index (χ3n) is 4.99. The van der Waals surface area contributed by atoms with Gasteiger partial charge in [0.1, 0.15) is 0 Å². The number of aromatic nitrogens is 4. The first-order valence-electron chi connectivity index (χ1n) is 8.45. The van der Waals surface area contributed by atoms with Crippen molar-refractivity contribution in [3.8, 4) is 0 Å². The number of hydrogen-bond acceptors (Lipinski definition) is 6. The highest BCUT2D eigenvalue weighted by Crippen LogP contribution is 2.29. The summed E-state index contributed by atoms with van der Waals surface area (Å²) in [4.78, 5) is 12.4. The standard InChI is InChI=1S/C16H21N5OS/c22-16-9-11-3-1-2-4-14(11)19-21(16)13-7-5-12(6-8-13)18-15-10-17-23-20-15/h9-10,12-13H,1-8H2,(H,18,20). The van der Waals surface area contributed by atoms with E-state index in [2.05, 4.69) is 14.1 Å². The molecule has 2 aliphatic carbocycles. The van der Waals surface area contributed by atoms with Gasteiger partial charge in [0, 0.05) is 12.1 Å². The van der Waals surface area contributed by atoms with Crippen LogP contribution >= 0.6 is 11.7 Å². The number of aryl methyl sites for hydroxylation is 2. The minimum atomic E-state index is 0.0748. The van der Waals surface area contributed by atoms with Crippen molar-refractivity contribution in [3.63, 3.8) is 0 Å². The minimum absolute atomic E-state index is 0.0748. The van der Waals surface area contributed by atoms with Crippen molar-refractivity contribution in [2.75, 3.05) is 5.32 Å². The molecule has 0 spiro atoms. The summed E-state index contributed by atoms with van der Waals surface area (Å²) < 4.78 is 9.97. The van der Waals surface area contributed by atoms with Gasteiger partial charge < -0.3 is 5.32 Å². The molecule has 1 fully saturated rings. The van der Waals surface area contributed by atoms with Gasteiger partial charge >= 0.3 is 0 Å². The lowest BCUT2D eigenvalue weighted by Crippen LogP contribution is -2.34. The molecule has 0 saturated heterocycles. The third-order valence-corrected chi connectivity index (χ3v) is 5.47. The van der Waals surface area contributed by atoms with Crippen molar-refractivity contribution >= 4 is 17.5 Å². The summed E-state index contributed by atoms with van der Waals surface area (Å²) in [6.07, 6.45) is 10.2. The second-order valence-electron chi connectivity index (χ2n) is 6.55. The second-order valence-corrected chi connectivity index (χ2v) is 7.11. The van der Waals surface area contributed by atoms with Crippen LogP contribution in [-0.2, 0) is 12.8 Å². The van der Waals surface area contributed by atoms with Gasteiger partial charge in [-0.2, -0.15) is 13.8 Å². The first-order valence-corrected chi connectivity index (χ1v) is 9.18. The Morgan fingerprint density at radius 1 is 1.17 bits per heavy atom. The Morgan fingerprint density at radius 3 is 2.78 bits per heavy atom. The fraction of sp³-hybridized carbons (Fsp3) is 0.625. The Hall–Kier alpha value is -1.76. The number of rotatable bonds is 3. The minimum Gasteiger partial charge on any atom is -0.365 e. The molecule has 7 heteroatoms. The molecule has 2 aromatic heterocycles. The van der Waals surface area contributed by atoms with Crippen LogP contribution in [0.4, 0.5) is 5.82 Å². The Balaban J connectivity index is 1.45. The maximum atomic E-state index is 12.4. The molecule has 2 aromatic rings. The van der Waals surface area contributed by atoms with E-state index < -0.39 is 0 Å². The fourth-order valence-corrected chi connectivity index (χ4v) is 4.12. The maximum Gasteiger partial charge on any atom is 0.267 e. The number of anilines is 1. The maximum absolute atomic E-state index is 12.4. The molecule has 0 atom stereocenters. The highest BCUT2D eigenvalue weighted by atomic mass is 32.1. The molecule has 23 heavy (non-hydrogen) atoms. The van der Waals surface area contributed by atoms with Crippen LogP contribution in [0.3, 0.4) is 0 Å². The summed E-state index contributed by atoms with van der Waals surface area (Å²) in [7, 11) is 0. The van der Waals surface area contributed by atoms with Crippen LogP contribution in [0.5, 0.6) is 0 Å². The monoisotopic (exact) mass is 331 g/mol. The molecule has 0 radical (unpaired) electrons. The summed E-state index contributed by atoms with van der Waals surface area (Å²) in [5.74, 6) is 0.863. The Morgan fingerprint density at radius 2 is 2.00 bits per heavy atom. The van der Waals surface area contributed by atoms with Crippen LogP contribution in [0, 0.1) is 0 Å². The third kappa shape index (κ3) is 3.15. The molecule has 1 N–H and O–H groups in total. The van der Waals surface area contributed by atoms with Crippen molar-refractivity contribution in [2.45, 2.75) is 63.5 Å². The number of nitrogens with zero attached hydrogens (tertiary/aromatic N) is 4. The van der Waals surface area contributed by atoms with Gasteiger partial charge in [-0.25, -0.2) is 4.68 Å². The van der Waals surface area contributed by atoms with E-state index in [0.717, 1.165) is 50.0 Å². The Labute approximate surface area is 139 Å². The normalized spacial score (nSPS) is 24.2. The molecule has 0 aliphatic heterocycles. The summed E-state index contributed by atoms with van der Waals surface area (Å²) >= 11 is 1.22. The molecule has 0 unspecified atom stereocenters. The van der Waals surface area contributed by atoms with Crippen LogP contribution in [0.2, 0.25) is 0 Å². The molecular weight excluding hydrogens is 310 g/mol. The summed E-state index contributed by atoms with van der Waals surface area (Å²) in [5, 5.41) is 8.13. The zero-order chi connectivity index (χ0) is 15.6. The van der Waals surface area contributed by atoms with Gasteiger partial charge in [0.25, 0.3) is 5.56 Å². The molecule has 0 aromatic carbocycles. The molecule has 2 aliphatic rings. The summed E-state index contributed by atoms with van der Waals surface area (Å²) in [6, 6.07) is 2.48. The molecule has 122 valence electrons. The van der Waals surface area contributed by atoms with E-state index in [0.29, 0.717) is 6.04 Å². The first-order chi connectivity index (χ1) is 11.3. The van der Waals surface area contributed by atoms with Gasteiger partial charge in [0.2, 0.25) is 0 Å². The highest BCUT2D eigenvalue weighted by molar-refractivity contribution is 6.99. The second kappa shape index (κ2) is 6.39. The van der Waals surface area contributed by atoms with Crippen molar-refractivity contribution in [1.29, 1.82) is 0 Å². The molecular formula is C16H21N5OS. The quantitative estimate of drug-likeness (QED) is 0.936. The van der Waals surface area contributed by atoms with Crippen molar-refractivity contribution in [3.05, 3.63) is 33.9 Å². The smallest absolute Gasteiger partial charge is 0.267 e. The van der Waals surface area contributed by atoms with E-state index in [1.54, 1.807) is 10.9 Å². The lowest BCUT2D eigenvalue weighted by molar-refractivity contribution is 0.300. The van der Waals surface area contributed by atoms with Gasteiger partial charge in [-0.05, 0) is 56.9 Å². The largest absolute Gasteiger partial charge is 0.365 e. The van der Waals surface area contributed by atoms with Crippen LogP contribution in [0.1, 0.15) is 55.8 Å². The zero-order valence-corrected chi connectivity index (χ0v) is 13.9. The number of fused-ring (bicyclic) bond motifs is 1. The van der Waals surface area contributed by atoms with Crippen LogP contribution in [0.25, 0.3) is 0 Å². The van der Waals surface area contributed by atoms with E-state index in [9.17, 15) is 4.79 Å².